The zero-order valence-corrected chi connectivity index (χ0v) is 14.0. The highest BCUT2D eigenvalue weighted by atomic mass is 32.2. The molecule has 0 aliphatic rings. The lowest BCUT2D eigenvalue weighted by Crippen LogP contribution is -2.22. The fraction of sp³-hybridized carbons (Fsp3) is 0.294. The second kappa shape index (κ2) is 7.05. The summed E-state index contributed by atoms with van der Waals surface area (Å²) in [5, 5.41) is 3.44. The molecule has 0 aromatic heterocycles. The van der Waals surface area contributed by atoms with E-state index in [-0.39, 0.29) is 6.04 Å². The minimum Gasteiger partial charge on any atom is -0.306 e. The van der Waals surface area contributed by atoms with Gasteiger partial charge in [-0.15, -0.1) is 0 Å². The van der Waals surface area contributed by atoms with Crippen LogP contribution in [0.5, 0.6) is 0 Å². The first-order chi connectivity index (χ1) is 10.4. The van der Waals surface area contributed by atoms with Crippen molar-refractivity contribution in [2.24, 2.45) is 0 Å². The van der Waals surface area contributed by atoms with Crippen LogP contribution in [-0.4, -0.2) is 26.8 Å². The summed E-state index contributed by atoms with van der Waals surface area (Å²) in [6, 6.07) is 17.4. The lowest BCUT2D eigenvalue weighted by atomic mass is 10.1. The zero-order chi connectivity index (χ0) is 16.2. The van der Waals surface area contributed by atoms with E-state index in [0.717, 1.165) is 12.1 Å². The molecule has 0 amide bonds. The van der Waals surface area contributed by atoms with Crippen molar-refractivity contribution < 1.29 is 8.42 Å². The highest BCUT2D eigenvalue weighted by Gasteiger charge is 2.17. The summed E-state index contributed by atoms with van der Waals surface area (Å²) < 4.78 is 25.3. The predicted molar refractivity (Wildman–Crippen MR) is 89.0 cm³/mol. The molecule has 1 N–H and O–H groups in total. The Hall–Kier alpha value is -1.69. The molecule has 0 heterocycles. The normalized spacial score (nSPS) is 13.3. The SMILES string of the molecule is CC(NCc1ccccc1)c1ccc(S(=O)(=O)N(C)C)cc1. The summed E-state index contributed by atoms with van der Waals surface area (Å²) in [6.45, 7) is 2.85. The third-order valence-corrected chi connectivity index (χ3v) is 5.44. The number of sulfonamides is 1. The fourth-order valence-electron chi connectivity index (χ4n) is 2.12. The molecule has 0 aliphatic carbocycles. The number of nitrogens with zero attached hydrogens (tertiary/aromatic N) is 1. The number of hydrogen-bond donors (Lipinski definition) is 1. The van der Waals surface area contributed by atoms with Gasteiger partial charge in [0.05, 0.1) is 4.90 Å². The maximum absolute atomic E-state index is 12.0. The molecule has 22 heavy (non-hydrogen) atoms. The molecular weight excluding hydrogens is 296 g/mol. The van der Waals surface area contributed by atoms with Crippen molar-refractivity contribution in [3.63, 3.8) is 0 Å². The first-order valence-electron chi connectivity index (χ1n) is 7.21. The van der Waals surface area contributed by atoms with Gasteiger partial charge in [-0.3, -0.25) is 0 Å². The maximum Gasteiger partial charge on any atom is 0.242 e. The predicted octanol–water partition coefficient (Wildman–Crippen LogP) is 2.79. The molecule has 2 aromatic carbocycles. The van der Waals surface area contributed by atoms with E-state index < -0.39 is 10.0 Å². The standard InChI is InChI=1S/C17H22N2O2S/c1-14(18-13-15-7-5-4-6-8-15)16-9-11-17(12-10-16)22(20,21)19(2)3/h4-12,14,18H,13H2,1-3H3. The lowest BCUT2D eigenvalue weighted by Gasteiger charge is -2.16. The molecule has 2 rings (SSSR count). The molecular formula is C17H22N2O2S. The Morgan fingerprint density at radius 2 is 1.59 bits per heavy atom. The highest BCUT2D eigenvalue weighted by Crippen LogP contribution is 2.18. The number of benzene rings is 2. The van der Waals surface area contributed by atoms with Crippen molar-refractivity contribution >= 4 is 10.0 Å². The summed E-state index contributed by atoms with van der Waals surface area (Å²) in [6.07, 6.45) is 0. The van der Waals surface area contributed by atoms with Crippen LogP contribution in [0.3, 0.4) is 0 Å². The summed E-state index contributed by atoms with van der Waals surface area (Å²) in [4.78, 5) is 0.316. The van der Waals surface area contributed by atoms with E-state index in [1.807, 2.05) is 30.3 Å². The Labute approximate surface area is 132 Å². The van der Waals surface area contributed by atoms with Crippen LogP contribution in [0, 0.1) is 0 Å². The minimum atomic E-state index is -3.36. The van der Waals surface area contributed by atoms with Gasteiger partial charge in [-0.2, -0.15) is 0 Å². The van der Waals surface area contributed by atoms with Crippen LogP contribution in [0.2, 0.25) is 0 Å². The topological polar surface area (TPSA) is 49.4 Å². The van der Waals surface area contributed by atoms with E-state index in [1.54, 1.807) is 12.1 Å². The molecule has 5 heteroatoms. The van der Waals surface area contributed by atoms with Crippen LogP contribution in [0.25, 0.3) is 0 Å². The first kappa shape index (κ1) is 16.7. The van der Waals surface area contributed by atoms with Crippen molar-refractivity contribution in [2.45, 2.75) is 24.4 Å². The van der Waals surface area contributed by atoms with Gasteiger partial charge in [-0.1, -0.05) is 42.5 Å². The molecule has 118 valence electrons. The monoisotopic (exact) mass is 318 g/mol. The fourth-order valence-corrected chi connectivity index (χ4v) is 3.03. The molecule has 2 aromatic rings. The van der Waals surface area contributed by atoms with Crippen molar-refractivity contribution in [1.29, 1.82) is 0 Å². The number of rotatable bonds is 6. The van der Waals surface area contributed by atoms with Gasteiger partial charge in [0.1, 0.15) is 0 Å². The third-order valence-electron chi connectivity index (χ3n) is 3.61. The lowest BCUT2D eigenvalue weighted by molar-refractivity contribution is 0.520. The van der Waals surface area contributed by atoms with Crippen molar-refractivity contribution in [3.8, 4) is 0 Å². The quantitative estimate of drug-likeness (QED) is 0.891. The van der Waals surface area contributed by atoms with Crippen molar-refractivity contribution in [3.05, 3.63) is 65.7 Å². The Morgan fingerprint density at radius 3 is 2.14 bits per heavy atom. The van der Waals surface area contributed by atoms with Gasteiger partial charge in [0.25, 0.3) is 0 Å². The van der Waals surface area contributed by atoms with Crippen LogP contribution in [-0.2, 0) is 16.6 Å². The first-order valence-corrected chi connectivity index (χ1v) is 8.65. The van der Waals surface area contributed by atoms with E-state index in [2.05, 4.69) is 24.4 Å². The van der Waals surface area contributed by atoms with Crippen molar-refractivity contribution in [1.82, 2.24) is 9.62 Å². The third kappa shape index (κ3) is 3.94. The summed E-state index contributed by atoms with van der Waals surface area (Å²) in [5.41, 5.74) is 2.29. The summed E-state index contributed by atoms with van der Waals surface area (Å²) in [7, 11) is -0.292. The van der Waals surface area contributed by atoms with E-state index >= 15 is 0 Å². The summed E-state index contributed by atoms with van der Waals surface area (Å²) >= 11 is 0. The minimum absolute atomic E-state index is 0.149. The van der Waals surface area contributed by atoms with E-state index in [0.29, 0.717) is 4.90 Å². The number of nitrogens with one attached hydrogen (secondary N) is 1. The van der Waals surface area contributed by atoms with Gasteiger partial charge < -0.3 is 5.32 Å². The zero-order valence-electron chi connectivity index (χ0n) is 13.2. The van der Waals surface area contributed by atoms with Crippen LogP contribution in [0.1, 0.15) is 24.1 Å². The van der Waals surface area contributed by atoms with Crippen LogP contribution in [0.4, 0.5) is 0 Å². The molecule has 0 bridgehead atoms. The molecule has 0 radical (unpaired) electrons. The van der Waals surface area contributed by atoms with Crippen LogP contribution >= 0.6 is 0 Å². The van der Waals surface area contributed by atoms with E-state index in [1.165, 1.54) is 24.0 Å². The highest BCUT2D eigenvalue weighted by molar-refractivity contribution is 7.89. The Balaban J connectivity index is 2.04. The Bertz CT molecular complexity index is 695. The molecule has 1 unspecified atom stereocenters. The second-order valence-electron chi connectivity index (χ2n) is 5.44. The van der Waals surface area contributed by atoms with Gasteiger partial charge in [0.15, 0.2) is 0 Å². The van der Waals surface area contributed by atoms with Gasteiger partial charge in [-0.05, 0) is 30.2 Å². The van der Waals surface area contributed by atoms with Crippen LogP contribution < -0.4 is 5.32 Å². The smallest absolute Gasteiger partial charge is 0.242 e. The molecule has 0 saturated carbocycles. The van der Waals surface area contributed by atoms with E-state index in [4.69, 9.17) is 0 Å². The average Bonchev–Trinajstić information content (AvgIpc) is 2.53. The molecule has 0 spiro atoms. The molecule has 0 aliphatic heterocycles. The maximum atomic E-state index is 12.0. The molecule has 4 nitrogen and oxygen atoms in total. The molecule has 0 fully saturated rings. The molecule has 1 atom stereocenters. The molecule has 0 saturated heterocycles. The average molecular weight is 318 g/mol. The van der Waals surface area contributed by atoms with Gasteiger partial charge in [-0.25, -0.2) is 12.7 Å². The van der Waals surface area contributed by atoms with Gasteiger partial charge in [0.2, 0.25) is 10.0 Å². The Kier molecular flexibility index (Phi) is 5.34. The van der Waals surface area contributed by atoms with Crippen molar-refractivity contribution in [2.75, 3.05) is 14.1 Å². The van der Waals surface area contributed by atoms with Crippen LogP contribution in [0.15, 0.2) is 59.5 Å². The largest absolute Gasteiger partial charge is 0.306 e. The second-order valence-corrected chi connectivity index (χ2v) is 7.60. The summed E-state index contributed by atoms with van der Waals surface area (Å²) in [5.74, 6) is 0. The Morgan fingerprint density at radius 1 is 1.00 bits per heavy atom. The van der Waals surface area contributed by atoms with Gasteiger partial charge >= 0.3 is 0 Å². The van der Waals surface area contributed by atoms with Gasteiger partial charge in [0, 0.05) is 26.7 Å². The number of hydrogen-bond acceptors (Lipinski definition) is 3. The van der Waals surface area contributed by atoms with E-state index in [9.17, 15) is 8.42 Å².